The SMILES string of the molecule is CO[Si](OC)(OC)C(O)CCOP(C)(=O)OC. The molecular weight excluding hydrogens is 267 g/mol. The standard InChI is InChI=1S/C8H21O7PSi/c1-11-16(5,10)15-7-6-8(9)17(12-2,13-3)14-4/h8-9H,6-7H2,1-5H3. The summed E-state index contributed by atoms with van der Waals surface area (Å²) in [5.74, 6) is 0. The first-order chi connectivity index (χ1) is 7.87. The molecule has 7 nitrogen and oxygen atoms in total. The molecule has 17 heavy (non-hydrogen) atoms. The third kappa shape index (κ3) is 5.15. The van der Waals surface area contributed by atoms with Gasteiger partial charge in [0.05, 0.1) is 6.61 Å². The molecule has 104 valence electrons. The maximum Gasteiger partial charge on any atom is 0.530 e. The molecular formula is C8H21O7PSi. The van der Waals surface area contributed by atoms with Crippen LogP contribution in [-0.2, 0) is 26.9 Å². The second-order valence-corrected chi connectivity index (χ2v) is 8.57. The first-order valence-electron chi connectivity index (χ1n) is 4.98. The highest BCUT2D eigenvalue weighted by molar-refractivity contribution is 7.52. The first-order valence-corrected chi connectivity index (χ1v) is 8.78. The van der Waals surface area contributed by atoms with Gasteiger partial charge in [-0.1, -0.05) is 0 Å². The average molecular weight is 288 g/mol. The van der Waals surface area contributed by atoms with Gasteiger partial charge in [0.25, 0.3) is 0 Å². The van der Waals surface area contributed by atoms with E-state index in [0.717, 1.165) is 0 Å². The number of aliphatic hydroxyl groups excluding tert-OH is 1. The van der Waals surface area contributed by atoms with Crippen molar-refractivity contribution in [1.82, 2.24) is 0 Å². The Bertz CT molecular complexity index is 250. The van der Waals surface area contributed by atoms with Crippen LogP contribution in [0.1, 0.15) is 6.42 Å². The second-order valence-electron chi connectivity index (χ2n) is 3.31. The molecule has 0 aromatic carbocycles. The van der Waals surface area contributed by atoms with Crippen LogP contribution in [0.5, 0.6) is 0 Å². The molecule has 0 amide bonds. The van der Waals surface area contributed by atoms with Crippen LogP contribution in [0, 0.1) is 0 Å². The number of hydrogen-bond donors (Lipinski definition) is 1. The van der Waals surface area contributed by atoms with Crippen molar-refractivity contribution in [2.75, 3.05) is 41.7 Å². The van der Waals surface area contributed by atoms with Crippen LogP contribution in [-0.4, -0.2) is 61.3 Å². The highest BCUT2D eigenvalue weighted by atomic mass is 31.2. The minimum absolute atomic E-state index is 0.0631. The first kappa shape index (κ1) is 17.2. The van der Waals surface area contributed by atoms with Gasteiger partial charge in [0.1, 0.15) is 5.73 Å². The van der Waals surface area contributed by atoms with Crippen LogP contribution in [0.2, 0.25) is 0 Å². The minimum atomic E-state index is -3.08. The van der Waals surface area contributed by atoms with Gasteiger partial charge in [-0.15, -0.1) is 0 Å². The van der Waals surface area contributed by atoms with Gasteiger partial charge in [0.15, 0.2) is 0 Å². The van der Waals surface area contributed by atoms with Crippen molar-refractivity contribution < 1.29 is 32.0 Å². The Morgan fingerprint density at radius 2 is 1.65 bits per heavy atom. The van der Waals surface area contributed by atoms with E-state index < -0.39 is 22.1 Å². The number of aliphatic hydroxyl groups is 1. The van der Waals surface area contributed by atoms with Crippen molar-refractivity contribution in [3.63, 3.8) is 0 Å². The summed E-state index contributed by atoms with van der Waals surface area (Å²) in [5, 5.41) is 9.91. The molecule has 0 bridgehead atoms. The highest BCUT2D eigenvalue weighted by Gasteiger charge is 2.46. The molecule has 0 aromatic heterocycles. The van der Waals surface area contributed by atoms with Crippen molar-refractivity contribution in [2.24, 2.45) is 0 Å². The Morgan fingerprint density at radius 1 is 1.18 bits per heavy atom. The van der Waals surface area contributed by atoms with E-state index >= 15 is 0 Å². The van der Waals surface area contributed by atoms with E-state index in [1.54, 1.807) is 0 Å². The van der Waals surface area contributed by atoms with Crippen LogP contribution >= 0.6 is 7.60 Å². The van der Waals surface area contributed by atoms with Crippen LogP contribution in [0.15, 0.2) is 0 Å². The van der Waals surface area contributed by atoms with Gasteiger partial charge >= 0.3 is 16.4 Å². The van der Waals surface area contributed by atoms with Gasteiger partial charge in [-0.25, -0.2) is 0 Å². The second kappa shape index (κ2) is 7.60. The molecule has 0 rings (SSSR count). The fourth-order valence-electron chi connectivity index (χ4n) is 1.22. The Hall–Kier alpha value is 0.207. The minimum Gasteiger partial charge on any atom is -0.388 e. The Kier molecular flexibility index (Phi) is 7.69. The fourth-order valence-corrected chi connectivity index (χ4v) is 3.55. The molecule has 0 heterocycles. The summed E-state index contributed by atoms with van der Waals surface area (Å²) in [4.78, 5) is 0. The third-order valence-electron chi connectivity index (χ3n) is 2.31. The Morgan fingerprint density at radius 3 is 2.00 bits per heavy atom. The third-order valence-corrected chi connectivity index (χ3v) is 6.44. The molecule has 1 N–H and O–H groups in total. The van der Waals surface area contributed by atoms with Crippen molar-refractivity contribution in [3.8, 4) is 0 Å². The number of hydrogen-bond acceptors (Lipinski definition) is 7. The van der Waals surface area contributed by atoms with Crippen LogP contribution in [0.25, 0.3) is 0 Å². The van der Waals surface area contributed by atoms with E-state index in [-0.39, 0.29) is 13.0 Å². The molecule has 2 unspecified atom stereocenters. The Labute approximate surface area is 103 Å². The van der Waals surface area contributed by atoms with Gasteiger partial charge in [-0.2, -0.15) is 0 Å². The Balaban J connectivity index is 4.25. The normalized spacial score (nSPS) is 17.8. The van der Waals surface area contributed by atoms with Crippen molar-refractivity contribution in [2.45, 2.75) is 12.1 Å². The topological polar surface area (TPSA) is 83.5 Å². The summed E-state index contributed by atoms with van der Waals surface area (Å²) in [6.07, 6.45) is 0.183. The average Bonchev–Trinajstić information content (AvgIpc) is 2.32. The molecule has 0 radical (unpaired) electrons. The van der Waals surface area contributed by atoms with E-state index in [1.807, 2.05) is 0 Å². The molecule has 9 heteroatoms. The van der Waals surface area contributed by atoms with Gasteiger partial charge < -0.3 is 27.4 Å². The zero-order valence-corrected chi connectivity index (χ0v) is 12.7. The van der Waals surface area contributed by atoms with Gasteiger partial charge in [0, 0.05) is 41.5 Å². The lowest BCUT2D eigenvalue weighted by molar-refractivity contribution is 0.0489. The van der Waals surface area contributed by atoms with Gasteiger partial charge in [0.2, 0.25) is 0 Å². The smallest absolute Gasteiger partial charge is 0.388 e. The summed E-state index contributed by atoms with van der Waals surface area (Å²) in [6, 6.07) is 0. The summed E-state index contributed by atoms with van der Waals surface area (Å²) in [5.41, 5.74) is -0.945. The summed E-state index contributed by atoms with van der Waals surface area (Å²) in [6.45, 7) is 1.42. The molecule has 0 saturated heterocycles. The highest BCUT2D eigenvalue weighted by Crippen LogP contribution is 2.42. The summed E-state index contributed by atoms with van der Waals surface area (Å²) >= 11 is 0. The van der Waals surface area contributed by atoms with Gasteiger partial charge in [-0.05, 0) is 0 Å². The number of rotatable bonds is 9. The van der Waals surface area contributed by atoms with Gasteiger partial charge in [-0.3, -0.25) is 4.57 Å². The molecule has 0 fully saturated rings. The molecule has 0 saturated carbocycles. The summed E-state index contributed by atoms with van der Waals surface area (Å²) < 4.78 is 36.4. The largest absolute Gasteiger partial charge is 0.530 e. The lowest BCUT2D eigenvalue weighted by atomic mass is 10.5. The summed E-state index contributed by atoms with van der Waals surface area (Å²) in [7, 11) is -0.589. The van der Waals surface area contributed by atoms with E-state index in [2.05, 4.69) is 4.52 Å². The molecule has 0 spiro atoms. The maximum atomic E-state index is 11.4. The van der Waals surface area contributed by atoms with Crippen molar-refractivity contribution >= 4 is 16.4 Å². The van der Waals surface area contributed by atoms with Crippen LogP contribution in [0.3, 0.4) is 0 Å². The predicted molar refractivity (Wildman–Crippen MR) is 63.9 cm³/mol. The van der Waals surface area contributed by atoms with Crippen molar-refractivity contribution in [1.29, 1.82) is 0 Å². The lowest BCUT2D eigenvalue weighted by Crippen LogP contribution is -2.54. The molecule has 0 aliphatic carbocycles. The van der Waals surface area contributed by atoms with E-state index in [4.69, 9.17) is 17.8 Å². The molecule has 0 aromatic rings. The predicted octanol–water partition coefficient (Wildman–Crippen LogP) is 0.641. The van der Waals surface area contributed by atoms with E-state index in [0.29, 0.717) is 0 Å². The maximum absolute atomic E-state index is 11.4. The van der Waals surface area contributed by atoms with Crippen LogP contribution in [0.4, 0.5) is 0 Å². The lowest BCUT2D eigenvalue weighted by Gasteiger charge is -2.28. The van der Waals surface area contributed by atoms with E-state index in [9.17, 15) is 9.67 Å². The zero-order valence-electron chi connectivity index (χ0n) is 10.8. The van der Waals surface area contributed by atoms with E-state index in [1.165, 1.54) is 35.1 Å². The quantitative estimate of drug-likeness (QED) is 0.492. The molecule has 2 atom stereocenters. The monoisotopic (exact) mass is 288 g/mol. The zero-order chi connectivity index (χ0) is 13.5. The molecule has 0 aliphatic rings. The van der Waals surface area contributed by atoms with Crippen molar-refractivity contribution in [3.05, 3.63) is 0 Å². The molecule has 0 aliphatic heterocycles. The van der Waals surface area contributed by atoms with Crippen LogP contribution < -0.4 is 0 Å². The fraction of sp³-hybridized carbons (Fsp3) is 1.00.